The first kappa shape index (κ1) is 23.1. The molecule has 0 spiro atoms. The van der Waals surface area contributed by atoms with E-state index in [2.05, 4.69) is 32.6 Å². The normalized spacial score (nSPS) is 11.0. The molecule has 0 amide bonds. The van der Waals surface area contributed by atoms with Crippen molar-refractivity contribution in [1.82, 2.24) is 35.0 Å². The summed E-state index contributed by atoms with van der Waals surface area (Å²) in [7, 11) is 0. The molecule has 0 saturated heterocycles. The van der Waals surface area contributed by atoms with Crippen molar-refractivity contribution in [3.8, 4) is 17.2 Å². The highest BCUT2D eigenvalue weighted by atomic mass is 35.5. The Morgan fingerprint density at radius 1 is 0.879 bits per heavy atom. The third-order valence-electron chi connectivity index (χ3n) is 4.66. The number of benzene rings is 2. The van der Waals surface area contributed by atoms with E-state index in [0.717, 1.165) is 36.0 Å². The molecule has 0 radical (unpaired) electrons. The monoisotopic (exact) mass is 485 g/mol. The van der Waals surface area contributed by atoms with E-state index in [9.17, 15) is 0 Å². The van der Waals surface area contributed by atoms with Gasteiger partial charge in [0.05, 0.1) is 12.4 Å². The average molecular weight is 486 g/mol. The fraction of sp³-hybridized carbons (Fsp3) is 0.318. The van der Waals surface area contributed by atoms with Crippen LogP contribution in [0, 0.1) is 0 Å². The quantitative estimate of drug-likeness (QED) is 0.285. The lowest BCUT2D eigenvalue weighted by Gasteiger charge is -2.12. The second kappa shape index (κ2) is 11.2. The number of nitrogens with zero attached hydrogens (tertiary/aromatic N) is 7. The number of halogens is 1. The molecule has 0 N–H and O–H groups in total. The van der Waals surface area contributed by atoms with Crippen LogP contribution in [0.15, 0.2) is 53.7 Å². The van der Waals surface area contributed by atoms with Gasteiger partial charge in [0, 0.05) is 17.3 Å². The number of aromatic nitrogens is 7. The molecule has 0 unspecified atom stereocenters. The van der Waals surface area contributed by atoms with E-state index in [-0.39, 0.29) is 6.61 Å². The highest BCUT2D eigenvalue weighted by Crippen LogP contribution is 2.26. The van der Waals surface area contributed by atoms with Crippen LogP contribution in [0.25, 0.3) is 5.69 Å². The van der Waals surface area contributed by atoms with Gasteiger partial charge in [-0.05, 0) is 72.3 Å². The molecule has 0 atom stereocenters. The van der Waals surface area contributed by atoms with E-state index in [0.29, 0.717) is 28.4 Å². The molecule has 0 aliphatic heterocycles. The van der Waals surface area contributed by atoms with Crippen LogP contribution in [-0.2, 0) is 18.9 Å². The number of thioether (sulfide) groups is 1. The summed E-state index contributed by atoms with van der Waals surface area (Å²) >= 11 is 7.61. The van der Waals surface area contributed by atoms with Gasteiger partial charge in [-0.1, -0.05) is 30.3 Å². The molecule has 33 heavy (non-hydrogen) atoms. The zero-order valence-electron chi connectivity index (χ0n) is 18.4. The van der Waals surface area contributed by atoms with Crippen LogP contribution in [0.3, 0.4) is 0 Å². The topological polar surface area (TPSA) is 92.8 Å². The molecular formula is C22H24ClN7O2S. The lowest BCUT2D eigenvalue weighted by Crippen LogP contribution is -2.07. The molecule has 0 aliphatic rings. The Bertz CT molecular complexity index is 1160. The van der Waals surface area contributed by atoms with Crippen molar-refractivity contribution < 1.29 is 9.47 Å². The minimum absolute atomic E-state index is 0.248. The van der Waals surface area contributed by atoms with Crippen LogP contribution >= 0.6 is 23.4 Å². The highest BCUT2D eigenvalue weighted by molar-refractivity contribution is 7.98. The summed E-state index contributed by atoms with van der Waals surface area (Å²) in [5, 5.41) is 22.1. The summed E-state index contributed by atoms with van der Waals surface area (Å²) in [6, 6.07) is 15.0. The molecule has 0 aliphatic carbocycles. The SMILES string of the molecule is CCCn1nnnc1CSc1nnc(COc2ccc(OCC)cc2)n1-c1ccc(Cl)cc1. The zero-order chi connectivity index (χ0) is 23.0. The maximum Gasteiger partial charge on any atom is 0.196 e. The smallest absolute Gasteiger partial charge is 0.196 e. The van der Waals surface area contributed by atoms with Crippen molar-refractivity contribution in [3.63, 3.8) is 0 Å². The Kier molecular flexibility index (Phi) is 7.79. The zero-order valence-corrected chi connectivity index (χ0v) is 20.0. The lowest BCUT2D eigenvalue weighted by atomic mass is 10.3. The molecule has 11 heteroatoms. The van der Waals surface area contributed by atoms with E-state index in [1.54, 1.807) is 0 Å². The molecule has 4 rings (SSSR count). The Balaban J connectivity index is 1.54. The van der Waals surface area contributed by atoms with Gasteiger partial charge in [0.15, 0.2) is 16.8 Å². The maximum atomic E-state index is 6.10. The predicted molar refractivity (Wildman–Crippen MR) is 126 cm³/mol. The summed E-state index contributed by atoms with van der Waals surface area (Å²) in [5.41, 5.74) is 0.894. The first-order valence-corrected chi connectivity index (χ1v) is 12.0. The van der Waals surface area contributed by atoms with Crippen molar-refractivity contribution in [2.24, 2.45) is 0 Å². The fourth-order valence-electron chi connectivity index (χ4n) is 3.12. The number of ether oxygens (including phenoxy) is 2. The Hall–Kier alpha value is -3.11. The fourth-order valence-corrected chi connectivity index (χ4v) is 4.15. The molecule has 2 aromatic carbocycles. The van der Waals surface area contributed by atoms with Crippen molar-refractivity contribution in [1.29, 1.82) is 0 Å². The number of hydrogen-bond donors (Lipinski definition) is 0. The first-order valence-electron chi connectivity index (χ1n) is 10.6. The molecule has 2 aromatic heterocycles. The third kappa shape index (κ3) is 5.82. The molecule has 2 heterocycles. The molecule has 4 aromatic rings. The van der Waals surface area contributed by atoms with Gasteiger partial charge >= 0.3 is 0 Å². The third-order valence-corrected chi connectivity index (χ3v) is 5.84. The van der Waals surface area contributed by atoms with Gasteiger partial charge in [-0.2, -0.15) is 0 Å². The summed E-state index contributed by atoms with van der Waals surface area (Å²) < 4.78 is 15.2. The van der Waals surface area contributed by atoms with Gasteiger partial charge in [0.2, 0.25) is 0 Å². The van der Waals surface area contributed by atoms with Crippen LogP contribution in [-0.4, -0.2) is 41.6 Å². The molecule has 9 nitrogen and oxygen atoms in total. The summed E-state index contributed by atoms with van der Waals surface area (Å²) in [6.07, 6.45) is 0.955. The molecule has 0 fully saturated rings. The Morgan fingerprint density at radius 3 is 2.30 bits per heavy atom. The minimum atomic E-state index is 0.248. The van der Waals surface area contributed by atoms with Gasteiger partial charge < -0.3 is 9.47 Å². The minimum Gasteiger partial charge on any atom is -0.494 e. The second-order valence-corrected chi connectivity index (χ2v) is 8.39. The van der Waals surface area contributed by atoms with Crippen molar-refractivity contribution in [3.05, 3.63) is 65.2 Å². The van der Waals surface area contributed by atoms with Gasteiger partial charge in [0.25, 0.3) is 0 Å². The summed E-state index contributed by atoms with van der Waals surface area (Å²) in [6.45, 7) is 5.68. The van der Waals surface area contributed by atoms with Crippen LogP contribution in [0.5, 0.6) is 11.5 Å². The Labute approximate surface area is 201 Å². The number of tetrazole rings is 1. The van der Waals surface area contributed by atoms with Crippen LogP contribution in [0.1, 0.15) is 31.9 Å². The van der Waals surface area contributed by atoms with E-state index >= 15 is 0 Å². The maximum absolute atomic E-state index is 6.10. The summed E-state index contributed by atoms with van der Waals surface area (Å²) in [4.78, 5) is 0. The number of hydrogen-bond acceptors (Lipinski definition) is 8. The van der Waals surface area contributed by atoms with Gasteiger partial charge in [-0.15, -0.1) is 15.3 Å². The molecule has 0 saturated carbocycles. The van der Waals surface area contributed by atoms with Crippen LogP contribution < -0.4 is 9.47 Å². The largest absolute Gasteiger partial charge is 0.494 e. The van der Waals surface area contributed by atoms with Crippen LogP contribution in [0.4, 0.5) is 0 Å². The Morgan fingerprint density at radius 2 is 1.61 bits per heavy atom. The number of rotatable bonds is 11. The molecule has 172 valence electrons. The van der Waals surface area contributed by atoms with E-state index in [1.165, 1.54) is 11.8 Å². The van der Waals surface area contributed by atoms with Crippen molar-refractivity contribution in [2.45, 2.75) is 44.3 Å². The van der Waals surface area contributed by atoms with Gasteiger partial charge in [-0.3, -0.25) is 4.57 Å². The molecular weight excluding hydrogens is 462 g/mol. The number of aryl methyl sites for hydroxylation is 1. The lowest BCUT2D eigenvalue weighted by molar-refractivity contribution is 0.291. The van der Waals surface area contributed by atoms with Crippen LogP contribution in [0.2, 0.25) is 5.02 Å². The van der Waals surface area contributed by atoms with E-state index < -0.39 is 0 Å². The highest BCUT2D eigenvalue weighted by Gasteiger charge is 2.17. The average Bonchev–Trinajstić information content (AvgIpc) is 3.45. The van der Waals surface area contributed by atoms with Crippen molar-refractivity contribution >= 4 is 23.4 Å². The van der Waals surface area contributed by atoms with E-state index in [1.807, 2.05) is 64.7 Å². The second-order valence-electron chi connectivity index (χ2n) is 7.01. The first-order chi connectivity index (χ1) is 16.2. The summed E-state index contributed by atoms with van der Waals surface area (Å²) in [5.74, 6) is 3.55. The van der Waals surface area contributed by atoms with Gasteiger partial charge in [-0.25, -0.2) is 4.68 Å². The van der Waals surface area contributed by atoms with Crippen molar-refractivity contribution in [2.75, 3.05) is 6.61 Å². The van der Waals surface area contributed by atoms with E-state index in [4.69, 9.17) is 21.1 Å². The predicted octanol–water partition coefficient (Wildman–Crippen LogP) is 4.59. The molecule has 0 bridgehead atoms. The standard InChI is InChI=1S/C22H24ClN7O2S/c1-3-13-29-21(25-27-28-29)15-33-22-26-24-20(30(22)17-7-5-16(23)6-8-17)14-32-19-11-9-18(10-12-19)31-4-2/h5-12H,3-4,13-15H2,1-2H3. The van der Waals surface area contributed by atoms with Gasteiger partial charge in [0.1, 0.15) is 18.1 Å².